The Balaban J connectivity index is 2.01. The van der Waals surface area contributed by atoms with Crippen molar-refractivity contribution in [2.24, 2.45) is 0 Å². The molecule has 0 aliphatic heterocycles. The fourth-order valence-electron chi connectivity index (χ4n) is 1.69. The Morgan fingerprint density at radius 2 is 1.86 bits per heavy atom. The van der Waals surface area contributed by atoms with E-state index in [-0.39, 0.29) is 11.8 Å². The molecule has 5 nitrogen and oxygen atoms in total. The number of carbonyl (C=O) groups is 2. The van der Waals surface area contributed by atoms with Crippen molar-refractivity contribution in [1.29, 1.82) is 0 Å². The van der Waals surface area contributed by atoms with Crippen LogP contribution in [0.4, 0.5) is 5.69 Å². The van der Waals surface area contributed by atoms with Crippen molar-refractivity contribution in [3.63, 3.8) is 0 Å². The van der Waals surface area contributed by atoms with Gasteiger partial charge in [0.1, 0.15) is 0 Å². The first-order chi connectivity index (χ1) is 9.97. The van der Waals surface area contributed by atoms with Gasteiger partial charge in [0.25, 0.3) is 5.91 Å². The fourth-order valence-corrected chi connectivity index (χ4v) is 2.11. The Morgan fingerprint density at radius 1 is 1.19 bits per heavy atom. The van der Waals surface area contributed by atoms with Gasteiger partial charge in [0.15, 0.2) is 4.67 Å². The first-order valence-electron chi connectivity index (χ1n) is 6.31. The summed E-state index contributed by atoms with van der Waals surface area (Å²) in [6, 6.07) is 8.76. The van der Waals surface area contributed by atoms with E-state index in [1.54, 1.807) is 37.2 Å². The zero-order chi connectivity index (χ0) is 15.4. The van der Waals surface area contributed by atoms with E-state index in [0.29, 0.717) is 22.3 Å². The van der Waals surface area contributed by atoms with E-state index in [9.17, 15) is 9.59 Å². The van der Waals surface area contributed by atoms with Crippen molar-refractivity contribution < 1.29 is 14.0 Å². The third-order valence-corrected chi connectivity index (χ3v) is 3.54. The van der Waals surface area contributed by atoms with E-state index in [1.807, 2.05) is 12.1 Å². The smallest absolute Gasteiger partial charge is 0.260 e. The standard InChI is InChI=1S/C15H15BrN2O3/c1-18(2)13(19)9-10-3-5-11(6-4-10)17-15(20)12-7-8-21-14(12)16/h3-8H,9H2,1-2H3,(H,17,20). The lowest BCUT2D eigenvalue weighted by Gasteiger charge is -2.10. The number of anilines is 1. The van der Waals surface area contributed by atoms with Gasteiger partial charge in [-0.05, 0) is 39.7 Å². The second-order valence-corrected chi connectivity index (χ2v) is 5.44. The van der Waals surface area contributed by atoms with Crippen molar-refractivity contribution in [3.05, 3.63) is 52.4 Å². The van der Waals surface area contributed by atoms with Crippen LogP contribution >= 0.6 is 15.9 Å². The van der Waals surface area contributed by atoms with Crippen LogP contribution in [0.2, 0.25) is 0 Å². The first kappa shape index (κ1) is 15.3. The zero-order valence-electron chi connectivity index (χ0n) is 11.7. The Hall–Kier alpha value is -2.08. The highest BCUT2D eigenvalue weighted by Crippen LogP contribution is 2.19. The lowest BCUT2D eigenvalue weighted by molar-refractivity contribution is -0.127. The SMILES string of the molecule is CN(C)C(=O)Cc1ccc(NC(=O)c2ccoc2Br)cc1. The van der Waals surface area contributed by atoms with Crippen molar-refractivity contribution >= 4 is 33.4 Å². The lowest BCUT2D eigenvalue weighted by Crippen LogP contribution is -2.23. The molecule has 0 fully saturated rings. The van der Waals surface area contributed by atoms with Crippen LogP contribution in [0, 0.1) is 0 Å². The molecule has 0 spiro atoms. The minimum Gasteiger partial charge on any atom is -0.457 e. The number of furan rings is 1. The number of hydrogen-bond donors (Lipinski definition) is 1. The number of likely N-dealkylation sites (N-methyl/N-ethyl adjacent to an activating group) is 1. The average molecular weight is 351 g/mol. The van der Waals surface area contributed by atoms with E-state index in [4.69, 9.17) is 4.42 Å². The summed E-state index contributed by atoms with van der Waals surface area (Å²) in [5.41, 5.74) is 1.99. The largest absolute Gasteiger partial charge is 0.457 e. The second kappa shape index (κ2) is 6.58. The fraction of sp³-hybridized carbons (Fsp3) is 0.200. The molecule has 21 heavy (non-hydrogen) atoms. The van der Waals surface area contributed by atoms with E-state index in [0.717, 1.165) is 5.56 Å². The van der Waals surface area contributed by atoms with E-state index >= 15 is 0 Å². The molecular formula is C15H15BrN2O3. The molecule has 0 unspecified atom stereocenters. The third-order valence-electron chi connectivity index (χ3n) is 2.93. The van der Waals surface area contributed by atoms with Crippen LogP contribution in [-0.2, 0) is 11.2 Å². The molecule has 1 aromatic carbocycles. The third kappa shape index (κ3) is 3.95. The maximum absolute atomic E-state index is 12.0. The normalized spacial score (nSPS) is 10.2. The number of benzene rings is 1. The van der Waals surface area contributed by atoms with Crippen LogP contribution in [0.5, 0.6) is 0 Å². The van der Waals surface area contributed by atoms with Gasteiger partial charge >= 0.3 is 0 Å². The summed E-state index contributed by atoms with van der Waals surface area (Å²) in [6.07, 6.45) is 1.78. The number of carbonyl (C=O) groups excluding carboxylic acids is 2. The number of nitrogens with zero attached hydrogens (tertiary/aromatic N) is 1. The lowest BCUT2D eigenvalue weighted by atomic mass is 10.1. The maximum atomic E-state index is 12.0. The van der Waals surface area contributed by atoms with E-state index < -0.39 is 0 Å². The van der Waals surface area contributed by atoms with Gasteiger partial charge in [0, 0.05) is 19.8 Å². The molecule has 0 bridgehead atoms. The summed E-state index contributed by atoms with van der Waals surface area (Å²) in [5, 5.41) is 2.76. The summed E-state index contributed by atoms with van der Waals surface area (Å²) in [5.74, 6) is -0.221. The molecule has 2 rings (SSSR count). The number of halogens is 1. The van der Waals surface area contributed by atoms with Gasteiger partial charge in [-0.1, -0.05) is 12.1 Å². The molecule has 0 aliphatic rings. The van der Waals surface area contributed by atoms with Gasteiger partial charge in [-0.25, -0.2) is 0 Å². The summed E-state index contributed by atoms with van der Waals surface area (Å²) >= 11 is 3.16. The Bertz CT molecular complexity index is 647. The topological polar surface area (TPSA) is 62.6 Å². The van der Waals surface area contributed by atoms with Crippen LogP contribution in [0.25, 0.3) is 0 Å². The van der Waals surface area contributed by atoms with Crippen LogP contribution in [0.1, 0.15) is 15.9 Å². The van der Waals surface area contributed by atoms with Crippen LogP contribution in [-0.4, -0.2) is 30.8 Å². The summed E-state index contributed by atoms with van der Waals surface area (Å²) < 4.78 is 5.42. The number of rotatable bonds is 4. The molecule has 1 aromatic heterocycles. The maximum Gasteiger partial charge on any atom is 0.260 e. The van der Waals surface area contributed by atoms with Crippen molar-refractivity contribution in [1.82, 2.24) is 4.90 Å². The quantitative estimate of drug-likeness (QED) is 0.921. The molecule has 2 aromatic rings. The highest BCUT2D eigenvalue weighted by molar-refractivity contribution is 9.10. The van der Waals surface area contributed by atoms with Gasteiger partial charge in [-0.15, -0.1) is 0 Å². The van der Waals surface area contributed by atoms with E-state index in [1.165, 1.54) is 6.26 Å². The van der Waals surface area contributed by atoms with Gasteiger partial charge in [0.2, 0.25) is 5.91 Å². The molecule has 0 atom stereocenters. The molecule has 110 valence electrons. The molecule has 2 amide bonds. The molecule has 0 radical (unpaired) electrons. The Labute approximate surface area is 131 Å². The first-order valence-corrected chi connectivity index (χ1v) is 7.10. The average Bonchev–Trinajstić information content (AvgIpc) is 2.87. The van der Waals surface area contributed by atoms with E-state index in [2.05, 4.69) is 21.2 Å². The van der Waals surface area contributed by atoms with Crippen LogP contribution in [0.15, 0.2) is 45.7 Å². The predicted molar refractivity (Wildman–Crippen MR) is 83.2 cm³/mol. The van der Waals surface area contributed by atoms with Gasteiger partial charge in [0.05, 0.1) is 18.2 Å². The monoisotopic (exact) mass is 350 g/mol. The molecule has 0 aliphatic carbocycles. The van der Waals surface area contributed by atoms with Gasteiger partial charge in [-0.3, -0.25) is 9.59 Å². The Kier molecular flexibility index (Phi) is 4.80. The summed E-state index contributed by atoms with van der Waals surface area (Å²) in [4.78, 5) is 25.1. The van der Waals surface area contributed by atoms with Crippen molar-refractivity contribution in [2.75, 3.05) is 19.4 Å². The summed E-state index contributed by atoms with van der Waals surface area (Å²) in [7, 11) is 3.44. The molecule has 0 saturated heterocycles. The second-order valence-electron chi connectivity index (χ2n) is 4.72. The number of amides is 2. The molecule has 6 heteroatoms. The Morgan fingerprint density at radius 3 is 2.38 bits per heavy atom. The zero-order valence-corrected chi connectivity index (χ0v) is 13.3. The minimum atomic E-state index is -0.257. The van der Waals surface area contributed by atoms with Crippen LogP contribution in [0.3, 0.4) is 0 Å². The van der Waals surface area contributed by atoms with Gasteiger partial charge in [-0.2, -0.15) is 0 Å². The highest BCUT2D eigenvalue weighted by Gasteiger charge is 2.12. The van der Waals surface area contributed by atoms with Gasteiger partial charge < -0.3 is 14.6 Å². The highest BCUT2D eigenvalue weighted by atomic mass is 79.9. The molecule has 1 N–H and O–H groups in total. The predicted octanol–water partition coefficient (Wildman–Crippen LogP) is 2.93. The number of nitrogens with one attached hydrogen (secondary N) is 1. The number of hydrogen-bond acceptors (Lipinski definition) is 3. The molecule has 0 saturated carbocycles. The van der Waals surface area contributed by atoms with Crippen LogP contribution < -0.4 is 5.32 Å². The van der Waals surface area contributed by atoms with Crippen molar-refractivity contribution in [2.45, 2.75) is 6.42 Å². The minimum absolute atomic E-state index is 0.0362. The molecular weight excluding hydrogens is 336 g/mol. The van der Waals surface area contributed by atoms with Crippen molar-refractivity contribution in [3.8, 4) is 0 Å². The molecule has 1 heterocycles. The summed E-state index contributed by atoms with van der Waals surface area (Å²) in [6.45, 7) is 0.